The molecule has 1 fully saturated rings. The number of thioether (sulfide) groups is 1. The highest BCUT2D eigenvalue weighted by Gasteiger charge is 2.28. The Morgan fingerprint density at radius 2 is 2.20 bits per heavy atom. The zero-order chi connectivity index (χ0) is 17.6. The lowest BCUT2D eigenvalue weighted by atomic mass is 9.96. The van der Waals surface area contributed by atoms with Crippen molar-refractivity contribution in [3.8, 4) is 0 Å². The molecule has 0 saturated carbocycles. The summed E-state index contributed by atoms with van der Waals surface area (Å²) in [6, 6.07) is 7.91. The molecule has 0 unspecified atom stereocenters. The van der Waals surface area contributed by atoms with Crippen molar-refractivity contribution in [2.24, 2.45) is 0 Å². The van der Waals surface area contributed by atoms with Crippen LogP contribution in [0.1, 0.15) is 54.7 Å². The number of amides is 1. The van der Waals surface area contributed by atoms with E-state index in [1.54, 1.807) is 11.8 Å². The predicted molar refractivity (Wildman–Crippen MR) is 103 cm³/mol. The van der Waals surface area contributed by atoms with E-state index in [0.717, 1.165) is 48.8 Å². The number of imidazole rings is 1. The first-order chi connectivity index (χ1) is 12.2. The van der Waals surface area contributed by atoms with E-state index in [9.17, 15) is 4.79 Å². The normalized spacial score (nSPS) is 17.7. The third-order valence-electron chi connectivity index (χ3n) is 4.91. The van der Waals surface area contributed by atoms with Crippen molar-refractivity contribution in [1.29, 1.82) is 0 Å². The summed E-state index contributed by atoms with van der Waals surface area (Å²) in [4.78, 5) is 20.7. The van der Waals surface area contributed by atoms with Crippen molar-refractivity contribution in [1.82, 2.24) is 14.5 Å². The Labute approximate surface area is 154 Å². The highest BCUT2D eigenvalue weighted by molar-refractivity contribution is 7.98. The third-order valence-corrected chi connectivity index (χ3v) is 5.71. The number of aryl methyl sites for hydroxylation is 1. The molecule has 1 aliphatic heterocycles. The van der Waals surface area contributed by atoms with E-state index in [2.05, 4.69) is 22.7 Å². The average Bonchev–Trinajstić information content (AvgIpc) is 3.14. The van der Waals surface area contributed by atoms with Gasteiger partial charge in [-0.15, -0.1) is 11.8 Å². The van der Waals surface area contributed by atoms with Crippen LogP contribution in [0.25, 0.3) is 0 Å². The van der Waals surface area contributed by atoms with Crippen molar-refractivity contribution in [3.05, 3.63) is 48.0 Å². The monoisotopic (exact) mass is 357 g/mol. The minimum Gasteiger partial charge on any atom is -0.338 e. The molecule has 1 saturated heterocycles. The third kappa shape index (κ3) is 4.09. The number of rotatable bonds is 6. The summed E-state index contributed by atoms with van der Waals surface area (Å²) in [5, 5.41) is 0. The molecule has 1 aromatic carbocycles. The van der Waals surface area contributed by atoms with Crippen molar-refractivity contribution in [3.63, 3.8) is 0 Å². The quantitative estimate of drug-likeness (QED) is 0.718. The Hall–Kier alpha value is -1.75. The van der Waals surface area contributed by atoms with Crippen LogP contribution in [0, 0.1) is 0 Å². The molecule has 1 aliphatic rings. The van der Waals surface area contributed by atoms with Gasteiger partial charge in [0.25, 0.3) is 5.91 Å². The molecule has 1 atom stereocenters. The fourth-order valence-corrected chi connectivity index (χ4v) is 4.15. The van der Waals surface area contributed by atoms with Gasteiger partial charge in [-0.2, -0.15) is 0 Å². The van der Waals surface area contributed by atoms with Crippen LogP contribution in [0.2, 0.25) is 0 Å². The molecule has 0 radical (unpaired) electrons. The summed E-state index contributed by atoms with van der Waals surface area (Å²) in [7, 11) is 0. The fourth-order valence-electron chi connectivity index (χ4n) is 3.56. The molecule has 0 N–H and O–H groups in total. The van der Waals surface area contributed by atoms with Gasteiger partial charge in [0, 0.05) is 42.8 Å². The first kappa shape index (κ1) is 18.1. The maximum absolute atomic E-state index is 13.0. The van der Waals surface area contributed by atoms with Crippen molar-refractivity contribution in [2.45, 2.75) is 50.0 Å². The summed E-state index contributed by atoms with van der Waals surface area (Å²) in [5.74, 6) is 1.64. The molecule has 0 aliphatic carbocycles. The van der Waals surface area contributed by atoms with E-state index in [0.29, 0.717) is 5.92 Å². The molecule has 1 amide bonds. The van der Waals surface area contributed by atoms with Gasteiger partial charge in [-0.1, -0.05) is 25.5 Å². The van der Waals surface area contributed by atoms with Crippen LogP contribution < -0.4 is 0 Å². The van der Waals surface area contributed by atoms with E-state index in [4.69, 9.17) is 0 Å². The summed E-state index contributed by atoms with van der Waals surface area (Å²) in [5.41, 5.74) is 0.824. The molecule has 25 heavy (non-hydrogen) atoms. The van der Waals surface area contributed by atoms with Crippen molar-refractivity contribution in [2.75, 3.05) is 19.3 Å². The summed E-state index contributed by atoms with van der Waals surface area (Å²) >= 11 is 1.63. The summed E-state index contributed by atoms with van der Waals surface area (Å²) < 4.78 is 2.28. The molecule has 134 valence electrons. The fraction of sp³-hybridized carbons (Fsp3) is 0.500. The molecule has 3 rings (SSSR count). The maximum Gasteiger partial charge on any atom is 0.255 e. The minimum atomic E-state index is 0.154. The van der Waals surface area contributed by atoms with Gasteiger partial charge >= 0.3 is 0 Å². The van der Waals surface area contributed by atoms with E-state index < -0.39 is 0 Å². The Bertz CT molecular complexity index is 712. The average molecular weight is 358 g/mol. The lowest BCUT2D eigenvalue weighted by molar-refractivity contribution is 0.0699. The van der Waals surface area contributed by atoms with Crippen LogP contribution in [-0.2, 0) is 6.54 Å². The zero-order valence-corrected chi connectivity index (χ0v) is 16.0. The number of hydrogen-bond donors (Lipinski definition) is 0. The second kappa shape index (κ2) is 8.56. The van der Waals surface area contributed by atoms with Crippen LogP contribution in [0.3, 0.4) is 0 Å². The summed E-state index contributed by atoms with van der Waals surface area (Å²) in [6.07, 6.45) is 10.5. The number of carbonyl (C=O) groups excluding carboxylic acids is 1. The largest absolute Gasteiger partial charge is 0.338 e. The lowest BCUT2D eigenvalue weighted by Crippen LogP contribution is -2.40. The van der Waals surface area contributed by atoms with Crippen LogP contribution in [-0.4, -0.2) is 39.7 Å². The van der Waals surface area contributed by atoms with Crippen LogP contribution in [0.4, 0.5) is 0 Å². The number of aromatic nitrogens is 2. The number of likely N-dealkylation sites (tertiary alicyclic amines) is 1. The first-order valence-corrected chi connectivity index (χ1v) is 10.4. The van der Waals surface area contributed by atoms with Crippen LogP contribution in [0.5, 0.6) is 0 Å². The zero-order valence-electron chi connectivity index (χ0n) is 15.1. The van der Waals surface area contributed by atoms with Gasteiger partial charge in [0.15, 0.2) is 0 Å². The SMILES string of the molecule is CCCCn1ccnc1[C@H]1CCCN(C(=O)c2ccccc2SC)C1. The standard InChI is InChI=1S/C20H27N3OS/c1-3-4-12-22-14-11-21-19(22)16-8-7-13-23(15-16)20(24)17-9-5-6-10-18(17)25-2/h5-6,9-11,14,16H,3-4,7-8,12-13,15H2,1-2H3/t16-/m0/s1. The highest BCUT2D eigenvalue weighted by Crippen LogP contribution is 2.29. The van der Waals surface area contributed by atoms with E-state index >= 15 is 0 Å². The van der Waals surface area contributed by atoms with Gasteiger partial charge in [-0.25, -0.2) is 4.98 Å². The molecule has 0 bridgehead atoms. The highest BCUT2D eigenvalue weighted by atomic mass is 32.2. The van der Waals surface area contributed by atoms with Gasteiger partial charge in [-0.05, 0) is 37.7 Å². The smallest absolute Gasteiger partial charge is 0.255 e. The van der Waals surface area contributed by atoms with Crippen LogP contribution in [0.15, 0.2) is 41.6 Å². The molecule has 4 nitrogen and oxygen atoms in total. The van der Waals surface area contributed by atoms with E-state index in [-0.39, 0.29) is 5.91 Å². The van der Waals surface area contributed by atoms with Gasteiger partial charge in [0.1, 0.15) is 5.82 Å². The number of unbranched alkanes of at least 4 members (excludes halogenated alkanes) is 1. The van der Waals surface area contributed by atoms with Gasteiger partial charge in [-0.3, -0.25) is 4.79 Å². The topological polar surface area (TPSA) is 38.1 Å². The van der Waals surface area contributed by atoms with Crippen molar-refractivity contribution < 1.29 is 4.79 Å². The van der Waals surface area contributed by atoms with Gasteiger partial charge in [0.2, 0.25) is 0 Å². The van der Waals surface area contributed by atoms with Gasteiger partial charge in [0.05, 0.1) is 5.56 Å². The van der Waals surface area contributed by atoms with Crippen LogP contribution >= 0.6 is 11.8 Å². The number of nitrogens with zero attached hydrogens (tertiary/aromatic N) is 3. The number of hydrogen-bond acceptors (Lipinski definition) is 3. The molecule has 2 heterocycles. The summed E-state index contributed by atoms with van der Waals surface area (Å²) in [6.45, 7) is 4.84. The molecular formula is C20H27N3OS. The maximum atomic E-state index is 13.0. The lowest BCUT2D eigenvalue weighted by Gasteiger charge is -2.33. The molecular weight excluding hydrogens is 330 g/mol. The van der Waals surface area contributed by atoms with E-state index in [1.165, 1.54) is 12.8 Å². The number of piperidine rings is 1. The Morgan fingerprint density at radius 3 is 3.00 bits per heavy atom. The Balaban J connectivity index is 1.75. The molecule has 0 spiro atoms. The van der Waals surface area contributed by atoms with E-state index in [1.807, 2.05) is 41.6 Å². The second-order valence-corrected chi connectivity index (χ2v) is 7.47. The Kier molecular flexibility index (Phi) is 6.19. The number of carbonyl (C=O) groups is 1. The predicted octanol–water partition coefficient (Wildman–Crippen LogP) is 4.42. The minimum absolute atomic E-state index is 0.154. The van der Waals surface area contributed by atoms with Crippen molar-refractivity contribution >= 4 is 17.7 Å². The molecule has 2 aromatic rings. The first-order valence-electron chi connectivity index (χ1n) is 9.18. The molecule has 5 heteroatoms. The molecule has 1 aromatic heterocycles. The second-order valence-electron chi connectivity index (χ2n) is 6.62. The Morgan fingerprint density at radius 1 is 1.36 bits per heavy atom. The number of benzene rings is 1. The van der Waals surface area contributed by atoms with Gasteiger partial charge < -0.3 is 9.47 Å².